The van der Waals surface area contributed by atoms with Crippen LogP contribution < -0.4 is 14.4 Å². The lowest BCUT2D eigenvalue weighted by molar-refractivity contribution is -0.128. The van der Waals surface area contributed by atoms with Crippen LogP contribution in [0.15, 0.2) is 47.4 Å². The zero-order valence-electron chi connectivity index (χ0n) is 20.0. The van der Waals surface area contributed by atoms with Crippen molar-refractivity contribution in [2.24, 2.45) is 5.92 Å². The van der Waals surface area contributed by atoms with Crippen LogP contribution in [0.4, 0.5) is 5.69 Å². The van der Waals surface area contributed by atoms with E-state index in [-0.39, 0.29) is 34.7 Å². The maximum absolute atomic E-state index is 13.7. The molecule has 0 spiro atoms. The Hall–Kier alpha value is -2.54. The molecule has 1 N–H and O–H groups in total. The zero-order chi connectivity index (χ0) is 23.8. The maximum atomic E-state index is 13.7. The highest BCUT2D eigenvalue weighted by atomic mass is 32.2. The van der Waals surface area contributed by atoms with Gasteiger partial charge in [-0.15, -0.1) is 0 Å². The third kappa shape index (κ3) is 4.93. The van der Waals surface area contributed by atoms with Gasteiger partial charge in [0.25, 0.3) is 15.9 Å². The fourth-order valence-corrected chi connectivity index (χ4v) is 4.87. The number of fused-ring (bicyclic) bond motifs is 1. The molecule has 0 fully saturated rings. The first kappa shape index (κ1) is 24.1. The molecule has 2 aromatic carbocycles. The summed E-state index contributed by atoms with van der Waals surface area (Å²) in [5, 5.41) is 2.95. The lowest BCUT2D eigenvalue weighted by Crippen LogP contribution is -2.52. The number of rotatable bonds is 5. The molecule has 7 heteroatoms. The molecule has 2 atom stereocenters. The number of hydrogen-bond donors (Lipinski definition) is 1. The molecule has 0 saturated carbocycles. The van der Waals surface area contributed by atoms with Crippen LogP contribution in [-0.4, -0.2) is 33.0 Å². The number of anilines is 1. The third-order valence-corrected chi connectivity index (χ3v) is 7.76. The fraction of sp³-hybridized carbons (Fsp3) is 0.480. The van der Waals surface area contributed by atoms with E-state index in [4.69, 9.17) is 4.74 Å². The molecule has 1 aliphatic heterocycles. The summed E-state index contributed by atoms with van der Waals surface area (Å²) < 4.78 is 34.6. The number of sulfonamides is 1. The Labute approximate surface area is 192 Å². The van der Waals surface area contributed by atoms with Crippen LogP contribution >= 0.6 is 0 Å². The van der Waals surface area contributed by atoms with Gasteiger partial charge in [-0.25, -0.2) is 8.42 Å². The van der Waals surface area contributed by atoms with Gasteiger partial charge in [0, 0.05) is 6.04 Å². The van der Waals surface area contributed by atoms with Gasteiger partial charge in [-0.2, -0.15) is 0 Å². The summed E-state index contributed by atoms with van der Waals surface area (Å²) in [6, 6.07) is 12.2. The SMILES string of the molecule is Cc1ccc(S(=O)(=O)N2C[C@H](C(=O)N[C@@H](C)C(C)C)Oc3ccc(C(C)(C)C)cc32)cc1. The van der Waals surface area contributed by atoms with Crippen LogP contribution in [0.1, 0.15) is 52.7 Å². The van der Waals surface area contributed by atoms with E-state index in [0.29, 0.717) is 11.4 Å². The predicted molar refractivity (Wildman–Crippen MR) is 128 cm³/mol. The lowest BCUT2D eigenvalue weighted by atomic mass is 9.86. The molecule has 3 rings (SSSR count). The molecule has 1 amide bonds. The van der Waals surface area contributed by atoms with Gasteiger partial charge in [0.1, 0.15) is 5.75 Å². The molecular formula is C25H34N2O4S. The molecule has 0 aliphatic carbocycles. The Kier molecular flexibility index (Phi) is 6.61. The van der Waals surface area contributed by atoms with Crippen LogP contribution in [-0.2, 0) is 20.2 Å². The van der Waals surface area contributed by atoms with Gasteiger partial charge in [0.05, 0.1) is 17.1 Å². The van der Waals surface area contributed by atoms with Crippen molar-refractivity contribution >= 4 is 21.6 Å². The number of nitrogens with one attached hydrogen (secondary N) is 1. The van der Waals surface area contributed by atoms with E-state index < -0.39 is 16.1 Å². The second kappa shape index (κ2) is 8.77. The molecule has 0 radical (unpaired) electrons. The fourth-order valence-electron chi connectivity index (χ4n) is 3.40. The number of benzene rings is 2. The molecular weight excluding hydrogens is 424 g/mol. The summed E-state index contributed by atoms with van der Waals surface area (Å²) in [6.07, 6.45) is -0.940. The molecule has 1 heterocycles. The van der Waals surface area contributed by atoms with E-state index in [2.05, 4.69) is 26.1 Å². The third-order valence-electron chi connectivity index (χ3n) is 5.97. The maximum Gasteiger partial charge on any atom is 0.264 e. The molecule has 0 unspecified atom stereocenters. The standard InChI is InChI=1S/C25H34N2O4S/c1-16(2)18(4)26-24(28)23-15-27(32(29,30)20-11-8-17(3)9-12-20)21-14-19(25(5,6)7)10-13-22(21)31-23/h8-14,16,18,23H,15H2,1-7H3,(H,26,28)/t18-,23+/m0/s1. The molecule has 174 valence electrons. The van der Waals surface area contributed by atoms with Crippen molar-refractivity contribution in [1.82, 2.24) is 5.32 Å². The van der Waals surface area contributed by atoms with Crippen molar-refractivity contribution in [3.63, 3.8) is 0 Å². The molecule has 1 aliphatic rings. The first-order chi connectivity index (χ1) is 14.8. The Balaban J connectivity index is 2.06. The number of ether oxygens (including phenoxy) is 1. The van der Waals surface area contributed by atoms with E-state index in [1.165, 1.54) is 4.31 Å². The van der Waals surface area contributed by atoms with Gasteiger partial charge in [-0.05, 0) is 55.0 Å². The first-order valence-electron chi connectivity index (χ1n) is 11.0. The molecule has 6 nitrogen and oxygen atoms in total. The minimum Gasteiger partial charge on any atom is -0.476 e. The van der Waals surface area contributed by atoms with Crippen molar-refractivity contribution in [2.45, 2.75) is 70.9 Å². The van der Waals surface area contributed by atoms with Crippen LogP contribution in [0.2, 0.25) is 0 Å². The van der Waals surface area contributed by atoms with Gasteiger partial charge >= 0.3 is 0 Å². The highest BCUT2D eigenvalue weighted by Gasteiger charge is 2.38. The number of carbonyl (C=O) groups excluding carboxylic acids is 1. The predicted octanol–water partition coefficient (Wildman–Crippen LogP) is 4.41. The topological polar surface area (TPSA) is 75.7 Å². The van der Waals surface area contributed by atoms with Crippen molar-refractivity contribution in [3.05, 3.63) is 53.6 Å². The highest BCUT2D eigenvalue weighted by Crippen LogP contribution is 2.40. The smallest absolute Gasteiger partial charge is 0.264 e. The number of hydrogen-bond acceptors (Lipinski definition) is 4. The summed E-state index contributed by atoms with van der Waals surface area (Å²) in [5.74, 6) is 0.315. The van der Waals surface area contributed by atoms with E-state index >= 15 is 0 Å². The van der Waals surface area contributed by atoms with Crippen molar-refractivity contribution in [3.8, 4) is 5.75 Å². The first-order valence-corrected chi connectivity index (χ1v) is 12.5. The van der Waals surface area contributed by atoms with Crippen LogP contribution in [0.25, 0.3) is 0 Å². The highest BCUT2D eigenvalue weighted by molar-refractivity contribution is 7.92. The lowest BCUT2D eigenvalue weighted by Gasteiger charge is -2.36. The summed E-state index contributed by atoms with van der Waals surface area (Å²) in [7, 11) is -3.89. The molecule has 2 aromatic rings. The van der Waals surface area contributed by atoms with Crippen LogP contribution in [0, 0.1) is 12.8 Å². The molecule has 0 saturated heterocycles. The quantitative estimate of drug-likeness (QED) is 0.720. The summed E-state index contributed by atoms with van der Waals surface area (Å²) >= 11 is 0. The summed E-state index contributed by atoms with van der Waals surface area (Å²) in [4.78, 5) is 13.1. The normalized spacial score (nSPS) is 17.5. The number of nitrogens with zero attached hydrogens (tertiary/aromatic N) is 1. The van der Waals surface area contributed by atoms with E-state index in [0.717, 1.165) is 11.1 Å². The van der Waals surface area contributed by atoms with E-state index in [1.807, 2.05) is 39.8 Å². The van der Waals surface area contributed by atoms with Crippen molar-refractivity contribution in [2.75, 3.05) is 10.8 Å². The Morgan fingerprint density at radius 3 is 2.28 bits per heavy atom. The number of amides is 1. The second-order valence-corrected chi connectivity index (χ2v) is 11.8. The number of carbonyl (C=O) groups is 1. The van der Waals surface area contributed by atoms with E-state index in [1.54, 1.807) is 30.3 Å². The van der Waals surface area contributed by atoms with Gasteiger partial charge in [-0.3, -0.25) is 9.10 Å². The van der Waals surface area contributed by atoms with Crippen LogP contribution in [0.5, 0.6) is 5.75 Å². The Morgan fingerprint density at radius 2 is 1.72 bits per heavy atom. The molecule has 0 aromatic heterocycles. The minimum absolute atomic E-state index is 0.0575. The molecule has 0 bridgehead atoms. The largest absolute Gasteiger partial charge is 0.476 e. The summed E-state index contributed by atoms with van der Waals surface area (Å²) in [6.45, 7) is 14.0. The van der Waals surface area contributed by atoms with Gasteiger partial charge in [-0.1, -0.05) is 58.4 Å². The number of aryl methyl sites for hydroxylation is 1. The average molecular weight is 459 g/mol. The van der Waals surface area contributed by atoms with Crippen LogP contribution in [0.3, 0.4) is 0 Å². The summed E-state index contributed by atoms with van der Waals surface area (Å²) in [5.41, 5.74) is 2.25. The van der Waals surface area contributed by atoms with Crippen molar-refractivity contribution in [1.29, 1.82) is 0 Å². The van der Waals surface area contributed by atoms with Crippen molar-refractivity contribution < 1.29 is 17.9 Å². The average Bonchev–Trinajstić information content (AvgIpc) is 2.71. The minimum atomic E-state index is -3.89. The Morgan fingerprint density at radius 1 is 1.09 bits per heavy atom. The van der Waals surface area contributed by atoms with E-state index in [9.17, 15) is 13.2 Å². The Bertz CT molecular complexity index is 1090. The molecule has 32 heavy (non-hydrogen) atoms. The zero-order valence-corrected chi connectivity index (χ0v) is 20.8. The second-order valence-electron chi connectivity index (χ2n) is 9.93. The monoisotopic (exact) mass is 458 g/mol. The van der Waals surface area contributed by atoms with Gasteiger partial charge < -0.3 is 10.1 Å². The van der Waals surface area contributed by atoms with Gasteiger partial charge in [0.2, 0.25) is 0 Å². The van der Waals surface area contributed by atoms with Gasteiger partial charge in [0.15, 0.2) is 6.10 Å².